The van der Waals surface area contributed by atoms with Crippen molar-refractivity contribution in [2.45, 2.75) is 44.6 Å². The summed E-state index contributed by atoms with van der Waals surface area (Å²) in [5, 5.41) is 10.1. The summed E-state index contributed by atoms with van der Waals surface area (Å²) in [6.07, 6.45) is 4.11. The highest BCUT2D eigenvalue weighted by Crippen LogP contribution is 2.30. The fourth-order valence-electron chi connectivity index (χ4n) is 2.03. The van der Waals surface area contributed by atoms with Crippen LogP contribution in [-0.4, -0.2) is 43.6 Å². The summed E-state index contributed by atoms with van der Waals surface area (Å²) in [5.74, 6) is 0. The quantitative estimate of drug-likeness (QED) is 0.720. The average molecular weight is 250 g/mol. The molecule has 0 atom stereocenters. The molecule has 0 saturated heterocycles. The van der Waals surface area contributed by atoms with Gasteiger partial charge in [-0.2, -0.15) is 12.7 Å². The van der Waals surface area contributed by atoms with Crippen LogP contribution in [-0.2, 0) is 10.2 Å². The number of nitrogens with zero attached hydrogens (tertiary/aromatic N) is 1. The molecular weight excluding hydrogens is 228 g/mol. The molecule has 0 aromatic rings. The third kappa shape index (κ3) is 3.69. The number of rotatable bonds is 6. The van der Waals surface area contributed by atoms with E-state index in [2.05, 4.69) is 4.72 Å². The molecule has 0 spiro atoms. The lowest BCUT2D eigenvalue weighted by atomic mass is 10.0. The minimum atomic E-state index is -3.42. The van der Waals surface area contributed by atoms with Gasteiger partial charge in [0.2, 0.25) is 0 Å². The topological polar surface area (TPSA) is 69.6 Å². The van der Waals surface area contributed by atoms with Crippen molar-refractivity contribution in [3.8, 4) is 0 Å². The van der Waals surface area contributed by atoms with E-state index < -0.39 is 15.8 Å². The van der Waals surface area contributed by atoms with E-state index in [1.807, 2.05) is 6.92 Å². The molecule has 1 saturated carbocycles. The Bertz CT molecular complexity index is 310. The summed E-state index contributed by atoms with van der Waals surface area (Å²) in [6.45, 7) is 2.53. The van der Waals surface area contributed by atoms with Crippen LogP contribution >= 0.6 is 0 Å². The van der Waals surface area contributed by atoms with Crippen LogP contribution in [0.25, 0.3) is 0 Å². The molecule has 96 valence electrons. The Balaban J connectivity index is 2.53. The predicted octanol–water partition coefficient (Wildman–Crippen LogP) is 0.468. The maximum absolute atomic E-state index is 11.7. The highest BCUT2D eigenvalue weighted by atomic mass is 32.2. The molecule has 0 aromatic heterocycles. The molecule has 0 heterocycles. The van der Waals surface area contributed by atoms with Crippen LogP contribution in [0.5, 0.6) is 0 Å². The van der Waals surface area contributed by atoms with Crippen molar-refractivity contribution < 1.29 is 13.5 Å². The molecule has 1 aliphatic rings. The van der Waals surface area contributed by atoms with E-state index in [4.69, 9.17) is 0 Å². The summed E-state index contributed by atoms with van der Waals surface area (Å²) in [5.41, 5.74) is -0.824. The molecular formula is C10H22N2O3S. The maximum atomic E-state index is 11.7. The fraction of sp³-hybridized carbons (Fsp3) is 1.00. The van der Waals surface area contributed by atoms with Gasteiger partial charge >= 0.3 is 0 Å². The molecule has 1 rings (SSSR count). The predicted molar refractivity (Wildman–Crippen MR) is 63.3 cm³/mol. The normalized spacial score (nSPS) is 20.5. The van der Waals surface area contributed by atoms with Crippen molar-refractivity contribution in [1.29, 1.82) is 0 Å². The van der Waals surface area contributed by atoms with Gasteiger partial charge in [-0.15, -0.1) is 0 Å². The lowest BCUT2D eigenvalue weighted by molar-refractivity contribution is 0.0331. The molecule has 2 N–H and O–H groups in total. The highest BCUT2D eigenvalue weighted by Gasteiger charge is 2.35. The number of nitrogens with one attached hydrogen (secondary N) is 1. The minimum absolute atomic E-state index is 0.187. The number of hydrogen-bond acceptors (Lipinski definition) is 3. The van der Waals surface area contributed by atoms with Crippen LogP contribution in [0.2, 0.25) is 0 Å². The Labute approximate surface area is 98.0 Å². The monoisotopic (exact) mass is 250 g/mol. The first-order valence-corrected chi connectivity index (χ1v) is 7.27. The molecule has 1 aliphatic carbocycles. The third-order valence-electron chi connectivity index (χ3n) is 3.00. The van der Waals surface area contributed by atoms with Gasteiger partial charge in [-0.3, -0.25) is 0 Å². The van der Waals surface area contributed by atoms with Crippen LogP contribution in [0.3, 0.4) is 0 Å². The van der Waals surface area contributed by atoms with Gasteiger partial charge in [-0.25, -0.2) is 4.72 Å². The Morgan fingerprint density at radius 1 is 1.38 bits per heavy atom. The van der Waals surface area contributed by atoms with Crippen molar-refractivity contribution >= 4 is 10.2 Å². The molecule has 6 heteroatoms. The van der Waals surface area contributed by atoms with E-state index in [-0.39, 0.29) is 6.54 Å². The standard InChI is InChI=1S/C10H22N2O3S/c1-3-8-11-16(14,15)12(2)9-10(13)6-4-5-7-10/h11,13H,3-9H2,1-2H3. The van der Waals surface area contributed by atoms with E-state index in [9.17, 15) is 13.5 Å². The van der Waals surface area contributed by atoms with E-state index >= 15 is 0 Å². The van der Waals surface area contributed by atoms with Crippen molar-refractivity contribution in [2.75, 3.05) is 20.1 Å². The van der Waals surface area contributed by atoms with Gasteiger partial charge < -0.3 is 5.11 Å². The first-order chi connectivity index (χ1) is 7.40. The molecule has 5 nitrogen and oxygen atoms in total. The minimum Gasteiger partial charge on any atom is -0.389 e. The van der Waals surface area contributed by atoms with E-state index in [0.717, 1.165) is 19.3 Å². The van der Waals surface area contributed by atoms with Crippen molar-refractivity contribution in [2.24, 2.45) is 0 Å². The first-order valence-electron chi connectivity index (χ1n) is 5.83. The Morgan fingerprint density at radius 2 is 1.94 bits per heavy atom. The molecule has 0 unspecified atom stereocenters. The summed E-state index contributed by atoms with van der Waals surface area (Å²) in [4.78, 5) is 0. The van der Waals surface area contributed by atoms with Crippen LogP contribution in [0, 0.1) is 0 Å². The van der Waals surface area contributed by atoms with Gasteiger partial charge in [0.05, 0.1) is 5.60 Å². The van der Waals surface area contributed by atoms with Gasteiger partial charge in [-0.1, -0.05) is 19.8 Å². The van der Waals surface area contributed by atoms with Crippen molar-refractivity contribution in [3.05, 3.63) is 0 Å². The number of aliphatic hydroxyl groups is 1. The Hall–Kier alpha value is -0.170. The third-order valence-corrected chi connectivity index (χ3v) is 4.51. The van der Waals surface area contributed by atoms with Crippen molar-refractivity contribution in [3.63, 3.8) is 0 Å². The summed E-state index contributed by atoms with van der Waals surface area (Å²) in [7, 11) is -1.92. The summed E-state index contributed by atoms with van der Waals surface area (Å²) in [6, 6.07) is 0. The summed E-state index contributed by atoms with van der Waals surface area (Å²) >= 11 is 0. The Morgan fingerprint density at radius 3 is 2.44 bits per heavy atom. The Kier molecular flexibility index (Phi) is 4.73. The molecule has 0 amide bonds. The zero-order chi connectivity index (χ0) is 12.2. The highest BCUT2D eigenvalue weighted by molar-refractivity contribution is 7.87. The molecule has 1 fully saturated rings. The molecule has 0 radical (unpaired) electrons. The fourth-order valence-corrected chi connectivity index (χ4v) is 3.12. The SMILES string of the molecule is CCCNS(=O)(=O)N(C)CC1(O)CCCC1. The largest absolute Gasteiger partial charge is 0.389 e. The zero-order valence-electron chi connectivity index (χ0n) is 10.1. The molecule has 0 aromatic carbocycles. The van der Waals surface area contributed by atoms with E-state index in [1.54, 1.807) is 0 Å². The number of likely N-dealkylation sites (N-methyl/N-ethyl adjacent to an activating group) is 1. The molecule has 0 aliphatic heterocycles. The van der Waals surface area contributed by atoms with E-state index in [0.29, 0.717) is 19.4 Å². The first kappa shape index (κ1) is 13.9. The van der Waals surface area contributed by atoms with Gasteiger partial charge in [-0.05, 0) is 19.3 Å². The van der Waals surface area contributed by atoms with Gasteiger partial charge in [0.1, 0.15) is 0 Å². The second-order valence-corrected chi connectivity index (χ2v) is 6.45. The summed E-state index contributed by atoms with van der Waals surface area (Å²) < 4.78 is 27.1. The van der Waals surface area contributed by atoms with Crippen LogP contribution < -0.4 is 4.72 Å². The smallest absolute Gasteiger partial charge is 0.279 e. The van der Waals surface area contributed by atoms with Crippen LogP contribution in [0.15, 0.2) is 0 Å². The lowest BCUT2D eigenvalue weighted by Crippen LogP contribution is -2.46. The average Bonchev–Trinajstić information content (AvgIpc) is 2.62. The number of hydrogen-bond donors (Lipinski definition) is 2. The second-order valence-electron chi connectivity index (χ2n) is 4.59. The lowest BCUT2D eigenvalue weighted by Gasteiger charge is -2.28. The molecule has 16 heavy (non-hydrogen) atoms. The van der Waals surface area contributed by atoms with Gasteiger partial charge in [0.15, 0.2) is 0 Å². The zero-order valence-corrected chi connectivity index (χ0v) is 10.9. The van der Waals surface area contributed by atoms with E-state index in [1.165, 1.54) is 11.4 Å². The van der Waals surface area contributed by atoms with Crippen LogP contribution in [0.1, 0.15) is 39.0 Å². The van der Waals surface area contributed by atoms with Crippen molar-refractivity contribution in [1.82, 2.24) is 9.03 Å². The van der Waals surface area contributed by atoms with Gasteiger partial charge in [0, 0.05) is 20.1 Å². The van der Waals surface area contributed by atoms with Gasteiger partial charge in [0.25, 0.3) is 10.2 Å². The van der Waals surface area contributed by atoms with Crippen LogP contribution in [0.4, 0.5) is 0 Å². The second kappa shape index (κ2) is 5.44. The maximum Gasteiger partial charge on any atom is 0.279 e. The molecule has 0 bridgehead atoms.